The smallest absolute Gasteiger partial charge is 0.317 e. The van der Waals surface area contributed by atoms with Crippen LogP contribution < -0.4 is 5.32 Å². The summed E-state index contributed by atoms with van der Waals surface area (Å²) in [6.07, 6.45) is 2.13. The van der Waals surface area contributed by atoms with E-state index in [0.717, 1.165) is 31.5 Å². The largest absolute Gasteiger partial charge is 0.334 e. The molecule has 0 bridgehead atoms. The van der Waals surface area contributed by atoms with E-state index in [-0.39, 0.29) is 11.1 Å². The predicted octanol–water partition coefficient (Wildman–Crippen LogP) is 2.78. The molecule has 1 aromatic rings. The third-order valence-corrected chi connectivity index (χ3v) is 3.11. The minimum absolute atomic E-state index is 0.0667. The van der Waals surface area contributed by atoms with Crippen molar-refractivity contribution < 1.29 is 9.18 Å². The topological polar surface area (TPSA) is 32.3 Å². The van der Waals surface area contributed by atoms with Crippen LogP contribution in [0, 0.1) is 5.82 Å². The highest BCUT2D eigenvalue weighted by Crippen LogP contribution is 2.16. The number of amides is 2. The lowest BCUT2D eigenvalue weighted by molar-refractivity contribution is 0.208. The fourth-order valence-corrected chi connectivity index (χ4v) is 2.06. The highest BCUT2D eigenvalue weighted by Gasteiger charge is 2.17. The van der Waals surface area contributed by atoms with Crippen LogP contribution in [0.25, 0.3) is 0 Å². The van der Waals surface area contributed by atoms with Crippen LogP contribution in [-0.4, -0.2) is 24.0 Å². The number of hydrogen-bond acceptors (Lipinski definition) is 1. The quantitative estimate of drug-likeness (QED) is 0.867. The molecule has 17 heavy (non-hydrogen) atoms. The Morgan fingerprint density at radius 3 is 2.76 bits per heavy atom. The summed E-state index contributed by atoms with van der Waals surface area (Å²) >= 11 is 5.66. The van der Waals surface area contributed by atoms with Gasteiger partial charge in [0, 0.05) is 19.6 Å². The third kappa shape index (κ3) is 3.09. The van der Waals surface area contributed by atoms with Gasteiger partial charge in [0.2, 0.25) is 0 Å². The molecule has 1 fully saturated rings. The maximum atomic E-state index is 12.9. The molecular formula is C12H14ClFN2O. The van der Waals surface area contributed by atoms with Crippen LogP contribution >= 0.6 is 11.6 Å². The lowest BCUT2D eigenvalue weighted by Gasteiger charge is -2.16. The van der Waals surface area contributed by atoms with Crippen LogP contribution in [0.1, 0.15) is 18.4 Å². The zero-order chi connectivity index (χ0) is 12.3. The summed E-state index contributed by atoms with van der Waals surface area (Å²) in [6, 6.07) is 4.38. The van der Waals surface area contributed by atoms with Crippen molar-refractivity contribution in [3.63, 3.8) is 0 Å². The summed E-state index contributed by atoms with van der Waals surface area (Å²) in [5.74, 6) is -0.443. The molecule has 92 valence electrons. The van der Waals surface area contributed by atoms with Crippen LogP contribution in [0.15, 0.2) is 18.2 Å². The van der Waals surface area contributed by atoms with Gasteiger partial charge in [0.15, 0.2) is 0 Å². The highest BCUT2D eigenvalue weighted by atomic mass is 35.5. The van der Waals surface area contributed by atoms with Gasteiger partial charge in [0.1, 0.15) is 5.82 Å². The maximum Gasteiger partial charge on any atom is 0.317 e. The molecule has 5 heteroatoms. The van der Waals surface area contributed by atoms with Gasteiger partial charge in [-0.15, -0.1) is 0 Å². The number of benzene rings is 1. The van der Waals surface area contributed by atoms with Gasteiger partial charge in [-0.05, 0) is 30.5 Å². The van der Waals surface area contributed by atoms with E-state index in [1.807, 2.05) is 0 Å². The molecule has 0 aliphatic carbocycles. The summed E-state index contributed by atoms with van der Waals surface area (Å²) in [7, 11) is 0. The van der Waals surface area contributed by atoms with E-state index in [1.54, 1.807) is 11.0 Å². The Hall–Kier alpha value is -1.29. The Labute approximate surface area is 105 Å². The molecule has 1 heterocycles. The average Bonchev–Trinajstić information content (AvgIpc) is 2.84. The van der Waals surface area contributed by atoms with E-state index in [0.29, 0.717) is 6.54 Å². The number of rotatable bonds is 2. The molecule has 1 aliphatic rings. The fraction of sp³-hybridized carbons (Fsp3) is 0.417. The Morgan fingerprint density at radius 1 is 1.41 bits per heavy atom. The predicted molar refractivity (Wildman–Crippen MR) is 64.5 cm³/mol. The van der Waals surface area contributed by atoms with Crippen LogP contribution in [0.3, 0.4) is 0 Å². The fourth-order valence-electron chi connectivity index (χ4n) is 1.86. The van der Waals surface area contributed by atoms with Crippen LogP contribution in [-0.2, 0) is 6.54 Å². The van der Waals surface area contributed by atoms with Crippen molar-refractivity contribution in [2.75, 3.05) is 13.1 Å². The molecule has 1 saturated heterocycles. The van der Waals surface area contributed by atoms with Gasteiger partial charge in [-0.25, -0.2) is 9.18 Å². The van der Waals surface area contributed by atoms with Crippen molar-refractivity contribution in [1.82, 2.24) is 10.2 Å². The van der Waals surface area contributed by atoms with Gasteiger partial charge in [-0.3, -0.25) is 0 Å². The van der Waals surface area contributed by atoms with Gasteiger partial charge in [0.25, 0.3) is 0 Å². The molecule has 0 saturated carbocycles. The first-order valence-corrected chi connectivity index (χ1v) is 6.01. The summed E-state index contributed by atoms with van der Waals surface area (Å²) in [4.78, 5) is 13.5. The molecule has 0 atom stereocenters. The van der Waals surface area contributed by atoms with Crippen molar-refractivity contribution in [3.8, 4) is 0 Å². The molecular weight excluding hydrogens is 243 g/mol. The number of likely N-dealkylation sites (tertiary alicyclic amines) is 1. The molecule has 1 N–H and O–H groups in total. The van der Waals surface area contributed by atoms with Crippen LogP contribution in [0.5, 0.6) is 0 Å². The molecule has 1 aromatic carbocycles. The normalized spacial score (nSPS) is 15.1. The van der Waals surface area contributed by atoms with E-state index in [9.17, 15) is 9.18 Å². The molecule has 3 nitrogen and oxygen atoms in total. The van der Waals surface area contributed by atoms with Crippen molar-refractivity contribution in [1.29, 1.82) is 0 Å². The molecule has 2 rings (SSSR count). The monoisotopic (exact) mass is 256 g/mol. The first-order chi connectivity index (χ1) is 8.16. The molecule has 0 radical (unpaired) electrons. The standard InChI is InChI=1S/C12H14ClFN2O/c13-10-7-9(3-4-11(10)14)8-15-12(17)16-5-1-2-6-16/h3-4,7H,1-2,5-6,8H2,(H,15,17). The van der Waals surface area contributed by atoms with E-state index < -0.39 is 5.82 Å². The zero-order valence-corrected chi connectivity index (χ0v) is 10.1. The number of carbonyl (C=O) groups excluding carboxylic acids is 1. The van der Waals surface area contributed by atoms with Crippen molar-refractivity contribution in [3.05, 3.63) is 34.6 Å². The average molecular weight is 257 g/mol. The summed E-state index contributed by atoms with van der Waals surface area (Å²) < 4.78 is 12.9. The second kappa shape index (κ2) is 5.36. The minimum atomic E-state index is -0.443. The second-order valence-electron chi connectivity index (χ2n) is 4.10. The van der Waals surface area contributed by atoms with Gasteiger partial charge < -0.3 is 10.2 Å². The van der Waals surface area contributed by atoms with Crippen molar-refractivity contribution in [2.45, 2.75) is 19.4 Å². The van der Waals surface area contributed by atoms with Crippen molar-refractivity contribution in [2.24, 2.45) is 0 Å². The Morgan fingerprint density at radius 2 is 2.12 bits per heavy atom. The molecule has 0 spiro atoms. The van der Waals surface area contributed by atoms with Gasteiger partial charge in [-0.2, -0.15) is 0 Å². The van der Waals surface area contributed by atoms with E-state index in [2.05, 4.69) is 5.32 Å². The van der Waals surface area contributed by atoms with Gasteiger partial charge in [-0.1, -0.05) is 17.7 Å². The third-order valence-electron chi connectivity index (χ3n) is 2.82. The Balaban J connectivity index is 1.88. The summed E-state index contributed by atoms with van der Waals surface area (Å²) in [5, 5.41) is 2.87. The number of carbonyl (C=O) groups is 1. The molecule has 0 aromatic heterocycles. The van der Waals surface area contributed by atoms with Gasteiger partial charge in [0.05, 0.1) is 5.02 Å². The van der Waals surface area contributed by atoms with Crippen LogP contribution in [0.4, 0.5) is 9.18 Å². The lowest BCUT2D eigenvalue weighted by Crippen LogP contribution is -2.37. The number of halogens is 2. The first kappa shape index (κ1) is 12.2. The summed E-state index contributed by atoms with van der Waals surface area (Å²) in [5.41, 5.74) is 0.795. The molecule has 1 aliphatic heterocycles. The first-order valence-electron chi connectivity index (χ1n) is 5.63. The highest BCUT2D eigenvalue weighted by molar-refractivity contribution is 6.30. The maximum absolute atomic E-state index is 12.9. The number of urea groups is 1. The van der Waals surface area contributed by atoms with Crippen molar-refractivity contribution >= 4 is 17.6 Å². The second-order valence-corrected chi connectivity index (χ2v) is 4.51. The number of nitrogens with one attached hydrogen (secondary N) is 1. The van der Waals surface area contributed by atoms with Crippen LogP contribution in [0.2, 0.25) is 5.02 Å². The zero-order valence-electron chi connectivity index (χ0n) is 9.38. The lowest BCUT2D eigenvalue weighted by atomic mass is 10.2. The number of hydrogen-bond donors (Lipinski definition) is 1. The van der Waals surface area contributed by atoms with E-state index >= 15 is 0 Å². The Bertz CT molecular complexity index is 419. The molecule has 0 unspecified atom stereocenters. The Kier molecular flexibility index (Phi) is 3.84. The minimum Gasteiger partial charge on any atom is -0.334 e. The van der Waals surface area contributed by atoms with E-state index in [4.69, 9.17) is 11.6 Å². The SMILES string of the molecule is O=C(NCc1ccc(F)c(Cl)c1)N1CCCC1. The van der Waals surface area contributed by atoms with E-state index in [1.165, 1.54) is 12.1 Å². The van der Waals surface area contributed by atoms with Gasteiger partial charge >= 0.3 is 6.03 Å². The number of nitrogens with zero attached hydrogens (tertiary/aromatic N) is 1. The summed E-state index contributed by atoms with van der Waals surface area (Å²) in [6.45, 7) is 2.00. The molecule has 2 amide bonds.